The molecule has 0 aromatic carbocycles. The fourth-order valence-electron chi connectivity index (χ4n) is 3.92. The molecule has 5 rings (SSSR count). The minimum absolute atomic E-state index is 0.163. The molecule has 28 heavy (non-hydrogen) atoms. The number of nitrogens with zero attached hydrogens (tertiary/aromatic N) is 5. The van der Waals surface area contributed by atoms with Gasteiger partial charge in [0.05, 0.1) is 17.6 Å². The van der Waals surface area contributed by atoms with E-state index < -0.39 is 0 Å². The molecular formula is C21H20N6O. The van der Waals surface area contributed by atoms with Gasteiger partial charge in [0, 0.05) is 30.1 Å². The number of amides is 1. The fourth-order valence-corrected chi connectivity index (χ4v) is 3.92. The molecule has 1 aliphatic carbocycles. The average Bonchev–Trinajstić information content (AvgIpc) is 3.40. The Balaban J connectivity index is 1.74. The minimum Gasteiger partial charge on any atom is -0.354 e. The Morgan fingerprint density at radius 1 is 1.18 bits per heavy atom. The molecule has 0 aliphatic heterocycles. The predicted molar refractivity (Wildman–Crippen MR) is 106 cm³/mol. The number of rotatable bonds is 3. The number of nitrogens with one attached hydrogen (secondary N) is 1. The third-order valence-electron chi connectivity index (χ3n) is 5.24. The van der Waals surface area contributed by atoms with Gasteiger partial charge in [-0.25, -0.2) is 14.6 Å². The number of hydrogen-bond donors (Lipinski definition) is 1. The van der Waals surface area contributed by atoms with Crippen molar-refractivity contribution in [1.82, 2.24) is 29.5 Å². The molecule has 1 N–H and O–H groups in total. The largest absolute Gasteiger partial charge is 0.354 e. The maximum absolute atomic E-state index is 12.2. The van der Waals surface area contributed by atoms with E-state index in [4.69, 9.17) is 5.10 Å². The lowest BCUT2D eigenvalue weighted by Gasteiger charge is -2.11. The van der Waals surface area contributed by atoms with Crippen LogP contribution in [-0.2, 0) is 12.8 Å². The minimum atomic E-state index is -0.163. The van der Waals surface area contributed by atoms with Crippen molar-refractivity contribution in [3.63, 3.8) is 0 Å². The zero-order chi connectivity index (χ0) is 19.3. The lowest BCUT2D eigenvalue weighted by Crippen LogP contribution is -2.19. The van der Waals surface area contributed by atoms with Gasteiger partial charge in [0.2, 0.25) is 0 Å². The van der Waals surface area contributed by atoms with Crippen LogP contribution >= 0.6 is 0 Å². The summed E-state index contributed by atoms with van der Waals surface area (Å²) in [4.78, 5) is 21.2. The summed E-state index contributed by atoms with van der Waals surface area (Å²) in [6.45, 7) is 1.98. The van der Waals surface area contributed by atoms with Gasteiger partial charge in [-0.05, 0) is 50.5 Å². The topological polar surface area (TPSA) is 77.1 Å². The van der Waals surface area contributed by atoms with Crippen molar-refractivity contribution in [3.05, 3.63) is 65.4 Å². The van der Waals surface area contributed by atoms with Gasteiger partial charge in [-0.3, -0.25) is 9.20 Å². The van der Waals surface area contributed by atoms with Crippen LogP contribution in [0, 0.1) is 6.92 Å². The summed E-state index contributed by atoms with van der Waals surface area (Å²) in [5, 5.41) is 7.54. The van der Waals surface area contributed by atoms with Crippen LogP contribution in [0.1, 0.15) is 33.9 Å². The molecule has 0 unspecified atom stereocenters. The number of imidazole rings is 1. The van der Waals surface area contributed by atoms with E-state index in [-0.39, 0.29) is 5.91 Å². The van der Waals surface area contributed by atoms with E-state index >= 15 is 0 Å². The quantitative estimate of drug-likeness (QED) is 0.600. The Bertz CT molecular complexity index is 1220. The Kier molecular flexibility index (Phi) is 3.75. The molecule has 4 aromatic rings. The van der Waals surface area contributed by atoms with E-state index in [1.165, 1.54) is 5.56 Å². The van der Waals surface area contributed by atoms with E-state index in [0.717, 1.165) is 53.4 Å². The third kappa shape index (κ3) is 2.51. The normalized spacial score (nSPS) is 13.1. The third-order valence-corrected chi connectivity index (χ3v) is 5.24. The maximum Gasteiger partial charge on any atom is 0.269 e. The molecule has 0 atom stereocenters. The van der Waals surface area contributed by atoms with Gasteiger partial charge < -0.3 is 5.32 Å². The molecule has 0 radical (unpaired) electrons. The Morgan fingerprint density at radius 2 is 2.07 bits per heavy atom. The summed E-state index contributed by atoms with van der Waals surface area (Å²) in [6.07, 6.45) is 6.67. The van der Waals surface area contributed by atoms with Gasteiger partial charge in [-0.1, -0.05) is 6.07 Å². The van der Waals surface area contributed by atoms with Crippen molar-refractivity contribution in [2.75, 3.05) is 7.05 Å². The second-order valence-electron chi connectivity index (χ2n) is 7.04. The molecule has 1 amide bonds. The summed E-state index contributed by atoms with van der Waals surface area (Å²) in [7, 11) is 1.62. The van der Waals surface area contributed by atoms with Crippen molar-refractivity contribution in [2.45, 2.75) is 26.2 Å². The van der Waals surface area contributed by atoms with Crippen molar-refractivity contribution >= 4 is 11.6 Å². The molecular weight excluding hydrogens is 352 g/mol. The summed E-state index contributed by atoms with van der Waals surface area (Å²) < 4.78 is 3.77. The summed E-state index contributed by atoms with van der Waals surface area (Å²) >= 11 is 0. The van der Waals surface area contributed by atoms with Crippen LogP contribution in [0.15, 0.2) is 42.7 Å². The molecule has 0 bridgehead atoms. The van der Waals surface area contributed by atoms with Gasteiger partial charge in [-0.2, -0.15) is 5.10 Å². The first kappa shape index (κ1) is 16.7. The van der Waals surface area contributed by atoms with E-state index in [0.29, 0.717) is 5.69 Å². The highest BCUT2D eigenvalue weighted by molar-refractivity contribution is 5.93. The van der Waals surface area contributed by atoms with Crippen molar-refractivity contribution in [2.24, 2.45) is 0 Å². The van der Waals surface area contributed by atoms with Gasteiger partial charge >= 0.3 is 0 Å². The number of pyridine rings is 2. The molecule has 140 valence electrons. The van der Waals surface area contributed by atoms with Crippen LogP contribution in [0.4, 0.5) is 0 Å². The zero-order valence-corrected chi connectivity index (χ0v) is 15.8. The van der Waals surface area contributed by atoms with E-state index in [9.17, 15) is 4.79 Å². The van der Waals surface area contributed by atoms with Crippen LogP contribution in [-0.4, -0.2) is 37.1 Å². The molecule has 7 heteroatoms. The van der Waals surface area contributed by atoms with E-state index in [2.05, 4.69) is 15.3 Å². The molecule has 1 aliphatic rings. The summed E-state index contributed by atoms with van der Waals surface area (Å²) in [5.74, 6) is 0.644. The first-order valence-electron chi connectivity index (χ1n) is 9.40. The predicted octanol–water partition coefficient (Wildman–Crippen LogP) is 2.74. The van der Waals surface area contributed by atoms with Gasteiger partial charge in [-0.15, -0.1) is 0 Å². The summed E-state index contributed by atoms with van der Waals surface area (Å²) in [5.41, 5.74) is 6.64. The average molecular weight is 372 g/mol. The monoisotopic (exact) mass is 372 g/mol. The maximum atomic E-state index is 12.2. The highest BCUT2D eigenvalue weighted by atomic mass is 16.1. The number of aryl methyl sites for hydroxylation is 2. The first-order chi connectivity index (χ1) is 13.7. The molecule has 0 spiro atoms. The number of carbonyl (C=O) groups is 1. The van der Waals surface area contributed by atoms with Crippen molar-refractivity contribution < 1.29 is 4.79 Å². The summed E-state index contributed by atoms with van der Waals surface area (Å²) in [6, 6.07) is 9.93. The Hall–Kier alpha value is -3.48. The van der Waals surface area contributed by atoms with Crippen molar-refractivity contribution in [3.8, 4) is 17.1 Å². The van der Waals surface area contributed by atoms with Crippen LogP contribution in [0.3, 0.4) is 0 Å². The second kappa shape index (κ2) is 6.30. The lowest BCUT2D eigenvalue weighted by atomic mass is 10.1. The first-order valence-corrected chi connectivity index (χ1v) is 9.40. The SMILES string of the molecule is CNC(=O)c1cnc2ccc(-c3c4c(nn3-c3cccc(C)n3)CCC4)cn12. The second-order valence-corrected chi connectivity index (χ2v) is 7.04. The van der Waals surface area contributed by atoms with Crippen LogP contribution < -0.4 is 5.32 Å². The van der Waals surface area contributed by atoms with Gasteiger partial charge in [0.25, 0.3) is 5.91 Å². The molecule has 0 saturated carbocycles. The zero-order valence-electron chi connectivity index (χ0n) is 15.8. The Morgan fingerprint density at radius 3 is 2.89 bits per heavy atom. The highest BCUT2D eigenvalue weighted by Gasteiger charge is 2.25. The molecule has 4 heterocycles. The van der Waals surface area contributed by atoms with Crippen LogP contribution in [0.25, 0.3) is 22.7 Å². The highest BCUT2D eigenvalue weighted by Crippen LogP contribution is 2.34. The molecule has 0 fully saturated rings. The smallest absolute Gasteiger partial charge is 0.269 e. The number of fused-ring (bicyclic) bond motifs is 2. The lowest BCUT2D eigenvalue weighted by molar-refractivity contribution is 0.0957. The number of aromatic nitrogens is 5. The van der Waals surface area contributed by atoms with Crippen LogP contribution in [0.2, 0.25) is 0 Å². The molecule has 7 nitrogen and oxygen atoms in total. The molecule has 0 saturated heterocycles. The van der Waals surface area contributed by atoms with Crippen LogP contribution in [0.5, 0.6) is 0 Å². The van der Waals surface area contributed by atoms with Crippen molar-refractivity contribution in [1.29, 1.82) is 0 Å². The fraction of sp³-hybridized carbons (Fsp3) is 0.238. The van der Waals surface area contributed by atoms with E-state index in [1.54, 1.807) is 13.2 Å². The van der Waals surface area contributed by atoms with Gasteiger partial charge in [0.1, 0.15) is 11.3 Å². The molecule has 4 aromatic heterocycles. The Labute approximate surface area is 162 Å². The van der Waals surface area contributed by atoms with E-state index in [1.807, 2.05) is 52.5 Å². The number of carbonyl (C=O) groups excluding carboxylic acids is 1. The van der Waals surface area contributed by atoms with Gasteiger partial charge in [0.15, 0.2) is 5.82 Å². The standard InChI is InChI=1S/C21H20N6O/c1-13-5-3-8-19(24-13)27-20(15-6-4-7-16(15)25-27)14-9-10-18-23-11-17(21(28)22-2)26(18)12-14/h3,5,8-12H,4,6-7H2,1-2H3,(H,22,28). The number of hydrogen-bond acceptors (Lipinski definition) is 4.